The highest BCUT2D eigenvalue weighted by Gasteiger charge is 2.29. The first-order chi connectivity index (χ1) is 6.98. The van der Waals surface area contributed by atoms with Crippen molar-refractivity contribution >= 4 is 0 Å². The van der Waals surface area contributed by atoms with Crippen molar-refractivity contribution in [2.24, 2.45) is 11.7 Å². The largest absolute Gasteiger partial charge is 0.380 e. The summed E-state index contributed by atoms with van der Waals surface area (Å²) < 4.78 is 5.42. The van der Waals surface area contributed by atoms with Gasteiger partial charge in [0.05, 0.1) is 12.2 Å². The number of methoxy groups -OCH3 is 1. The Bertz CT molecular complexity index is 247. The highest BCUT2D eigenvalue weighted by Crippen LogP contribution is 2.20. The molecule has 86 valence electrons. The number of ether oxygens (including phenoxy) is 1. The molecule has 0 aromatic heterocycles. The number of rotatable bonds is 3. The van der Waals surface area contributed by atoms with Gasteiger partial charge in [0.15, 0.2) is 0 Å². The van der Waals surface area contributed by atoms with Gasteiger partial charge >= 0.3 is 0 Å². The molecular formula is C11H21N3O. The lowest BCUT2D eigenvalue weighted by Gasteiger charge is -2.38. The van der Waals surface area contributed by atoms with Crippen LogP contribution in [0.3, 0.4) is 0 Å². The molecule has 3 unspecified atom stereocenters. The maximum atomic E-state index is 8.87. The van der Waals surface area contributed by atoms with E-state index in [0.29, 0.717) is 12.5 Å². The molecule has 0 aromatic rings. The van der Waals surface area contributed by atoms with Crippen molar-refractivity contribution in [3.63, 3.8) is 0 Å². The molecule has 1 saturated heterocycles. The van der Waals surface area contributed by atoms with E-state index in [0.717, 1.165) is 19.5 Å². The number of nitriles is 1. The molecule has 1 heterocycles. The zero-order valence-electron chi connectivity index (χ0n) is 9.86. The molecule has 1 rings (SSSR count). The summed E-state index contributed by atoms with van der Waals surface area (Å²) in [6.07, 6.45) is 1.38. The van der Waals surface area contributed by atoms with E-state index in [-0.39, 0.29) is 6.10 Å². The quantitative estimate of drug-likeness (QED) is 0.742. The Kier molecular flexibility index (Phi) is 4.09. The van der Waals surface area contributed by atoms with Crippen molar-refractivity contribution in [3.05, 3.63) is 0 Å². The predicted octanol–water partition coefficient (Wildman–Crippen LogP) is 0.584. The smallest absolute Gasteiger partial charge is 0.114 e. The molecule has 4 nitrogen and oxygen atoms in total. The van der Waals surface area contributed by atoms with E-state index in [9.17, 15) is 0 Å². The van der Waals surface area contributed by atoms with Gasteiger partial charge in [-0.05, 0) is 25.8 Å². The Hall–Kier alpha value is -0.630. The molecule has 0 aliphatic carbocycles. The first-order valence-electron chi connectivity index (χ1n) is 5.44. The summed E-state index contributed by atoms with van der Waals surface area (Å²) in [6, 6.07) is 2.13. The Morgan fingerprint density at radius 3 is 2.87 bits per heavy atom. The van der Waals surface area contributed by atoms with Gasteiger partial charge in [0.25, 0.3) is 0 Å². The second-order valence-electron chi connectivity index (χ2n) is 4.80. The van der Waals surface area contributed by atoms with Crippen LogP contribution in [0.25, 0.3) is 0 Å². The lowest BCUT2D eigenvalue weighted by Crippen LogP contribution is -2.52. The van der Waals surface area contributed by atoms with E-state index >= 15 is 0 Å². The van der Waals surface area contributed by atoms with Gasteiger partial charge in [0.1, 0.15) is 5.54 Å². The fourth-order valence-electron chi connectivity index (χ4n) is 2.05. The van der Waals surface area contributed by atoms with E-state index in [4.69, 9.17) is 15.7 Å². The van der Waals surface area contributed by atoms with Gasteiger partial charge in [0.2, 0.25) is 0 Å². The minimum atomic E-state index is -0.751. The van der Waals surface area contributed by atoms with Gasteiger partial charge in [-0.25, -0.2) is 0 Å². The van der Waals surface area contributed by atoms with Crippen molar-refractivity contribution in [1.29, 1.82) is 5.26 Å². The van der Waals surface area contributed by atoms with Gasteiger partial charge in [-0.3, -0.25) is 4.90 Å². The summed E-state index contributed by atoms with van der Waals surface area (Å²) in [5.74, 6) is 0.595. The summed E-state index contributed by atoms with van der Waals surface area (Å²) in [4.78, 5) is 2.22. The van der Waals surface area contributed by atoms with Gasteiger partial charge in [-0.1, -0.05) is 6.92 Å². The highest BCUT2D eigenvalue weighted by atomic mass is 16.5. The molecule has 1 fully saturated rings. The van der Waals surface area contributed by atoms with Gasteiger partial charge in [-0.15, -0.1) is 0 Å². The van der Waals surface area contributed by atoms with Crippen LogP contribution >= 0.6 is 0 Å². The average Bonchev–Trinajstić information content (AvgIpc) is 2.20. The molecule has 1 aliphatic rings. The van der Waals surface area contributed by atoms with Crippen LogP contribution in [0.1, 0.15) is 20.3 Å². The monoisotopic (exact) mass is 211 g/mol. The summed E-state index contributed by atoms with van der Waals surface area (Å²) in [6.45, 7) is 6.49. The molecule has 4 heteroatoms. The summed E-state index contributed by atoms with van der Waals surface area (Å²) in [7, 11) is 1.75. The first kappa shape index (κ1) is 12.4. The molecule has 2 N–H and O–H groups in total. The maximum Gasteiger partial charge on any atom is 0.114 e. The van der Waals surface area contributed by atoms with Gasteiger partial charge in [0, 0.05) is 20.2 Å². The van der Waals surface area contributed by atoms with Crippen LogP contribution in [0.15, 0.2) is 0 Å². The average molecular weight is 211 g/mol. The van der Waals surface area contributed by atoms with Crippen LogP contribution in [0.5, 0.6) is 0 Å². The fourth-order valence-corrected chi connectivity index (χ4v) is 2.05. The van der Waals surface area contributed by atoms with Crippen molar-refractivity contribution in [1.82, 2.24) is 4.90 Å². The maximum absolute atomic E-state index is 8.87. The van der Waals surface area contributed by atoms with Gasteiger partial charge in [-0.2, -0.15) is 5.26 Å². The second kappa shape index (κ2) is 4.93. The topological polar surface area (TPSA) is 62.3 Å². The highest BCUT2D eigenvalue weighted by molar-refractivity contribution is 5.03. The fraction of sp³-hybridized carbons (Fsp3) is 0.909. The summed E-state index contributed by atoms with van der Waals surface area (Å²) in [5, 5.41) is 8.87. The van der Waals surface area contributed by atoms with Crippen LogP contribution in [0.2, 0.25) is 0 Å². The number of nitrogens with two attached hydrogens (primary N) is 1. The number of piperidine rings is 1. The van der Waals surface area contributed by atoms with E-state index in [2.05, 4.69) is 17.9 Å². The number of hydrogen-bond donors (Lipinski definition) is 1. The minimum absolute atomic E-state index is 0.272. The minimum Gasteiger partial charge on any atom is -0.380 e. The van der Waals surface area contributed by atoms with Crippen LogP contribution in [-0.2, 0) is 4.74 Å². The number of nitrogens with zero attached hydrogens (tertiary/aromatic N) is 2. The van der Waals surface area contributed by atoms with Crippen molar-refractivity contribution < 1.29 is 4.74 Å². The molecular weight excluding hydrogens is 190 g/mol. The third-order valence-corrected chi connectivity index (χ3v) is 3.08. The van der Waals surface area contributed by atoms with E-state index in [1.54, 1.807) is 14.0 Å². The predicted molar refractivity (Wildman–Crippen MR) is 59.2 cm³/mol. The lowest BCUT2D eigenvalue weighted by atomic mass is 9.94. The lowest BCUT2D eigenvalue weighted by molar-refractivity contribution is -0.00805. The molecule has 0 saturated carbocycles. The van der Waals surface area contributed by atoms with Crippen molar-refractivity contribution in [2.75, 3.05) is 26.7 Å². The Balaban J connectivity index is 2.49. The van der Waals surface area contributed by atoms with E-state index < -0.39 is 5.54 Å². The Morgan fingerprint density at radius 1 is 1.67 bits per heavy atom. The first-order valence-corrected chi connectivity index (χ1v) is 5.44. The Labute approximate surface area is 92.0 Å². The van der Waals surface area contributed by atoms with Crippen molar-refractivity contribution in [2.45, 2.75) is 31.9 Å². The molecule has 3 atom stereocenters. The summed E-state index contributed by atoms with van der Waals surface area (Å²) in [5.41, 5.74) is 5.07. The SMILES string of the molecule is COC1CN(CC(C)(N)C#N)CCC1C. The number of hydrogen-bond acceptors (Lipinski definition) is 4. The molecule has 0 aromatic carbocycles. The van der Waals surface area contributed by atoms with E-state index in [1.165, 1.54) is 0 Å². The summed E-state index contributed by atoms with van der Waals surface area (Å²) >= 11 is 0. The van der Waals surface area contributed by atoms with Crippen LogP contribution < -0.4 is 5.73 Å². The third kappa shape index (κ3) is 3.45. The standard InChI is InChI=1S/C11H21N3O/c1-9-4-5-14(6-10(9)15-3)8-11(2,13)7-12/h9-10H,4-6,8,13H2,1-3H3. The molecule has 0 spiro atoms. The molecule has 0 bridgehead atoms. The zero-order chi connectivity index (χ0) is 11.5. The zero-order valence-corrected chi connectivity index (χ0v) is 9.86. The van der Waals surface area contributed by atoms with Gasteiger partial charge < -0.3 is 10.5 Å². The normalized spacial score (nSPS) is 31.9. The molecule has 0 radical (unpaired) electrons. The molecule has 0 amide bonds. The molecule has 1 aliphatic heterocycles. The van der Waals surface area contributed by atoms with Crippen LogP contribution in [0.4, 0.5) is 0 Å². The number of likely N-dealkylation sites (tertiary alicyclic amines) is 1. The third-order valence-electron chi connectivity index (χ3n) is 3.08. The van der Waals surface area contributed by atoms with Crippen LogP contribution in [0, 0.1) is 17.2 Å². The molecule has 15 heavy (non-hydrogen) atoms. The second-order valence-corrected chi connectivity index (χ2v) is 4.80. The van der Waals surface area contributed by atoms with Crippen molar-refractivity contribution in [3.8, 4) is 6.07 Å². The van der Waals surface area contributed by atoms with E-state index in [1.807, 2.05) is 0 Å². The van der Waals surface area contributed by atoms with Crippen LogP contribution in [-0.4, -0.2) is 43.3 Å². The Morgan fingerprint density at radius 2 is 2.33 bits per heavy atom.